The number of rotatable bonds is 4. The van der Waals surface area contributed by atoms with E-state index in [9.17, 15) is 5.11 Å². The van der Waals surface area contributed by atoms with Gasteiger partial charge in [0.05, 0.1) is 12.6 Å². The molecule has 1 saturated carbocycles. The highest BCUT2D eigenvalue weighted by atomic mass is 16.3. The number of piperazine rings is 1. The van der Waals surface area contributed by atoms with Crippen LogP contribution in [0.3, 0.4) is 0 Å². The molecule has 6 heteroatoms. The number of aromatic nitrogens is 2. The van der Waals surface area contributed by atoms with Crippen LogP contribution in [0.4, 0.5) is 11.6 Å². The van der Waals surface area contributed by atoms with Crippen molar-refractivity contribution in [2.45, 2.75) is 57.5 Å². The topological polar surface area (TPSA) is 55.7 Å². The first-order chi connectivity index (χ1) is 12.7. The van der Waals surface area contributed by atoms with Crippen LogP contribution in [0.5, 0.6) is 0 Å². The number of hydrogen-bond acceptors (Lipinski definition) is 6. The van der Waals surface area contributed by atoms with Crippen molar-refractivity contribution in [3.8, 4) is 0 Å². The largest absolute Gasteiger partial charge is 0.394 e. The van der Waals surface area contributed by atoms with Gasteiger partial charge in [0.1, 0.15) is 18.0 Å². The van der Waals surface area contributed by atoms with Crippen LogP contribution in [0.15, 0.2) is 12.4 Å². The van der Waals surface area contributed by atoms with Crippen molar-refractivity contribution >= 4 is 11.6 Å². The highest BCUT2D eigenvalue weighted by Crippen LogP contribution is 2.29. The minimum atomic E-state index is 0.206. The standard InChI is InChI=1S/C20H33N5O/c1-16-4-6-17(7-5-16)23-9-11-24(12-10-23)19-13-20(22-15-21-19)25-8-2-3-18(25)14-26/h13,15-18,26H,2-12,14H2,1H3. The van der Waals surface area contributed by atoms with Gasteiger partial charge in [-0.2, -0.15) is 0 Å². The van der Waals surface area contributed by atoms with Crippen LogP contribution in [-0.2, 0) is 0 Å². The molecule has 6 nitrogen and oxygen atoms in total. The third-order valence-electron chi connectivity index (χ3n) is 6.66. The number of anilines is 2. The molecule has 1 aliphatic carbocycles. The Morgan fingerprint density at radius 3 is 2.42 bits per heavy atom. The lowest BCUT2D eigenvalue weighted by Gasteiger charge is -2.42. The van der Waals surface area contributed by atoms with E-state index >= 15 is 0 Å². The van der Waals surface area contributed by atoms with Gasteiger partial charge in [0.2, 0.25) is 0 Å². The number of aliphatic hydroxyl groups excluding tert-OH is 1. The number of nitrogens with zero attached hydrogens (tertiary/aromatic N) is 5. The Balaban J connectivity index is 1.36. The van der Waals surface area contributed by atoms with Crippen molar-refractivity contribution < 1.29 is 5.11 Å². The maximum Gasteiger partial charge on any atom is 0.134 e. The van der Waals surface area contributed by atoms with Crippen LogP contribution in [0, 0.1) is 5.92 Å². The van der Waals surface area contributed by atoms with Crippen LogP contribution in [0.25, 0.3) is 0 Å². The van der Waals surface area contributed by atoms with Gasteiger partial charge in [-0.3, -0.25) is 4.90 Å². The second-order valence-electron chi connectivity index (χ2n) is 8.34. The summed E-state index contributed by atoms with van der Waals surface area (Å²) in [5.41, 5.74) is 0. The minimum absolute atomic E-state index is 0.206. The van der Waals surface area contributed by atoms with Crippen LogP contribution in [-0.4, -0.2) is 71.4 Å². The molecule has 3 heterocycles. The Morgan fingerprint density at radius 1 is 0.962 bits per heavy atom. The van der Waals surface area contributed by atoms with Gasteiger partial charge >= 0.3 is 0 Å². The fourth-order valence-electron chi connectivity index (χ4n) is 4.92. The molecule has 0 amide bonds. The molecular weight excluding hydrogens is 326 g/mol. The maximum absolute atomic E-state index is 9.58. The monoisotopic (exact) mass is 359 g/mol. The molecule has 0 aromatic carbocycles. The summed E-state index contributed by atoms with van der Waals surface area (Å²) < 4.78 is 0. The molecule has 4 rings (SSSR count). The fourth-order valence-corrected chi connectivity index (χ4v) is 4.92. The zero-order valence-corrected chi connectivity index (χ0v) is 16.1. The minimum Gasteiger partial charge on any atom is -0.394 e. The van der Waals surface area contributed by atoms with Gasteiger partial charge in [0.15, 0.2) is 0 Å². The summed E-state index contributed by atoms with van der Waals surface area (Å²) in [4.78, 5) is 16.4. The van der Waals surface area contributed by atoms with Crippen molar-refractivity contribution in [2.24, 2.45) is 5.92 Å². The summed E-state index contributed by atoms with van der Waals surface area (Å²) in [5.74, 6) is 2.92. The molecule has 144 valence electrons. The number of aliphatic hydroxyl groups is 1. The summed E-state index contributed by atoms with van der Waals surface area (Å²) in [6, 6.07) is 3.12. The third-order valence-corrected chi connectivity index (χ3v) is 6.66. The first kappa shape index (κ1) is 18.0. The van der Waals surface area contributed by atoms with Crippen molar-refractivity contribution in [2.75, 3.05) is 49.1 Å². The summed E-state index contributed by atoms with van der Waals surface area (Å²) in [5, 5.41) is 9.58. The second kappa shape index (κ2) is 8.09. The van der Waals surface area contributed by atoms with E-state index in [1.165, 1.54) is 25.7 Å². The van der Waals surface area contributed by atoms with Gasteiger partial charge in [-0.05, 0) is 44.4 Å². The van der Waals surface area contributed by atoms with Crippen molar-refractivity contribution in [3.05, 3.63) is 12.4 Å². The Hall–Kier alpha value is -1.40. The molecule has 0 bridgehead atoms. The van der Waals surface area contributed by atoms with E-state index in [-0.39, 0.29) is 12.6 Å². The van der Waals surface area contributed by atoms with Crippen LogP contribution in [0.2, 0.25) is 0 Å². The molecule has 0 radical (unpaired) electrons. The van der Waals surface area contributed by atoms with Gasteiger partial charge in [-0.25, -0.2) is 9.97 Å². The average molecular weight is 360 g/mol. The molecule has 26 heavy (non-hydrogen) atoms. The first-order valence-electron chi connectivity index (χ1n) is 10.4. The van der Waals surface area contributed by atoms with Gasteiger partial charge in [-0.1, -0.05) is 6.92 Å². The quantitative estimate of drug-likeness (QED) is 0.889. The van der Waals surface area contributed by atoms with Gasteiger partial charge in [-0.15, -0.1) is 0 Å². The Labute approximate surface area is 157 Å². The summed E-state index contributed by atoms with van der Waals surface area (Å²) in [6.45, 7) is 7.96. The molecule has 1 N–H and O–H groups in total. The SMILES string of the molecule is CC1CCC(N2CCN(c3cc(N4CCCC4CO)ncn3)CC2)CC1. The van der Waals surface area contributed by atoms with Crippen LogP contribution < -0.4 is 9.80 Å². The molecule has 0 spiro atoms. The van der Waals surface area contributed by atoms with Gasteiger partial charge in [0.25, 0.3) is 0 Å². The van der Waals surface area contributed by atoms with E-state index in [2.05, 4.69) is 37.7 Å². The Bertz CT molecular complexity index is 581. The zero-order chi connectivity index (χ0) is 17.9. The van der Waals surface area contributed by atoms with Crippen LogP contribution >= 0.6 is 0 Å². The maximum atomic E-state index is 9.58. The predicted molar refractivity (Wildman–Crippen MR) is 105 cm³/mol. The molecule has 2 saturated heterocycles. The molecule has 1 aromatic rings. The summed E-state index contributed by atoms with van der Waals surface area (Å²) in [7, 11) is 0. The summed E-state index contributed by atoms with van der Waals surface area (Å²) in [6.07, 6.45) is 9.39. The van der Waals surface area contributed by atoms with Gasteiger partial charge < -0.3 is 14.9 Å². The molecule has 3 aliphatic rings. The molecule has 1 atom stereocenters. The molecule has 1 unspecified atom stereocenters. The highest BCUT2D eigenvalue weighted by Gasteiger charge is 2.29. The smallest absolute Gasteiger partial charge is 0.134 e. The average Bonchev–Trinajstić information content (AvgIpc) is 3.18. The summed E-state index contributed by atoms with van der Waals surface area (Å²) >= 11 is 0. The van der Waals surface area contributed by atoms with Crippen molar-refractivity contribution in [1.29, 1.82) is 0 Å². The molecule has 1 aromatic heterocycles. The van der Waals surface area contributed by atoms with E-state index < -0.39 is 0 Å². The molecular formula is C20H33N5O. The first-order valence-corrected chi connectivity index (χ1v) is 10.4. The Kier molecular flexibility index (Phi) is 5.60. The lowest BCUT2D eigenvalue weighted by Crippen LogP contribution is -2.51. The van der Waals surface area contributed by atoms with Crippen molar-refractivity contribution in [1.82, 2.24) is 14.9 Å². The lowest BCUT2D eigenvalue weighted by atomic mass is 9.86. The fraction of sp³-hybridized carbons (Fsp3) is 0.800. The van der Waals surface area contributed by atoms with E-state index in [1.54, 1.807) is 6.33 Å². The third kappa shape index (κ3) is 3.81. The highest BCUT2D eigenvalue weighted by molar-refractivity contribution is 5.51. The molecule has 2 aliphatic heterocycles. The number of hydrogen-bond donors (Lipinski definition) is 1. The van der Waals surface area contributed by atoms with Crippen LogP contribution in [0.1, 0.15) is 45.4 Å². The van der Waals surface area contributed by atoms with Crippen molar-refractivity contribution in [3.63, 3.8) is 0 Å². The van der Waals surface area contributed by atoms with E-state index in [4.69, 9.17) is 0 Å². The lowest BCUT2D eigenvalue weighted by molar-refractivity contribution is 0.132. The second-order valence-corrected chi connectivity index (χ2v) is 8.34. The Morgan fingerprint density at radius 2 is 1.69 bits per heavy atom. The van der Waals surface area contributed by atoms with E-state index in [1.807, 2.05) is 0 Å². The normalized spacial score (nSPS) is 30.8. The zero-order valence-electron chi connectivity index (χ0n) is 16.1. The van der Waals surface area contributed by atoms with Gasteiger partial charge in [0, 0.05) is 44.8 Å². The molecule has 3 fully saturated rings. The van der Waals surface area contributed by atoms with E-state index in [0.717, 1.165) is 69.2 Å². The predicted octanol–water partition coefficient (Wildman–Crippen LogP) is 2.14. The van der Waals surface area contributed by atoms with E-state index in [0.29, 0.717) is 0 Å².